The zero-order valence-electron chi connectivity index (χ0n) is 16.5. The molecule has 5 heteroatoms. The van der Waals surface area contributed by atoms with E-state index in [-0.39, 0.29) is 10.8 Å². The predicted molar refractivity (Wildman–Crippen MR) is 106 cm³/mol. The fourth-order valence-electron chi connectivity index (χ4n) is 7.39. The molecule has 0 aromatic rings. The number of aliphatic hydroxyl groups is 1. The molecule has 26 heavy (non-hydrogen) atoms. The monoisotopic (exact) mass is 358 g/mol. The van der Waals surface area contributed by atoms with Crippen LogP contribution in [0.25, 0.3) is 0 Å². The molecule has 4 rings (SSSR count). The van der Waals surface area contributed by atoms with Gasteiger partial charge in [0, 0.05) is 5.41 Å². The van der Waals surface area contributed by atoms with Gasteiger partial charge in [-0.05, 0) is 87.5 Å². The topological polar surface area (TPSA) is 97.0 Å². The third-order valence-corrected chi connectivity index (χ3v) is 9.09. The van der Waals surface area contributed by atoms with Crippen molar-refractivity contribution in [2.75, 3.05) is 0 Å². The summed E-state index contributed by atoms with van der Waals surface area (Å²) < 4.78 is 0. The van der Waals surface area contributed by atoms with Gasteiger partial charge in [-0.2, -0.15) is 10.2 Å². The highest BCUT2D eigenvalue weighted by Gasteiger charge is 2.64. The molecule has 4 aliphatic rings. The van der Waals surface area contributed by atoms with Gasteiger partial charge < -0.3 is 16.8 Å². The summed E-state index contributed by atoms with van der Waals surface area (Å²) in [5.41, 5.74) is 2.67. The first-order valence-corrected chi connectivity index (χ1v) is 10.3. The number of nitrogens with two attached hydrogens (primary N) is 2. The fraction of sp³-hybridized carbons (Fsp3) is 0.810. The van der Waals surface area contributed by atoms with Crippen LogP contribution in [-0.2, 0) is 0 Å². The Kier molecular flexibility index (Phi) is 4.03. The van der Waals surface area contributed by atoms with Gasteiger partial charge in [-0.25, -0.2) is 0 Å². The second kappa shape index (κ2) is 5.82. The third kappa shape index (κ3) is 2.12. The van der Waals surface area contributed by atoms with Crippen LogP contribution in [0.1, 0.15) is 72.1 Å². The highest BCUT2D eigenvalue weighted by atomic mass is 16.3. The van der Waals surface area contributed by atoms with Gasteiger partial charge in [-0.1, -0.05) is 19.4 Å². The van der Waals surface area contributed by atoms with E-state index in [1.54, 1.807) is 5.57 Å². The Morgan fingerprint density at radius 2 is 1.81 bits per heavy atom. The number of hydrogen-bond donors (Lipinski definition) is 3. The zero-order chi connectivity index (χ0) is 18.7. The lowest BCUT2D eigenvalue weighted by molar-refractivity contribution is -0.0945. The lowest BCUT2D eigenvalue weighted by Gasteiger charge is -2.59. The number of nitrogens with zero attached hydrogens (tertiary/aromatic N) is 2. The van der Waals surface area contributed by atoms with Crippen molar-refractivity contribution in [1.29, 1.82) is 0 Å². The van der Waals surface area contributed by atoms with Gasteiger partial charge in [0.25, 0.3) is 0 Å². The van der Waals surface area contributed by atoms with E-state index in [0.717, 1.165) is 44.2 Å². The van der Waals surface area contributed by atoms with Crippen molar-refractivity contribution in [2.45, 2.75) is 77.7 Å². The minimum atomic E-state index is -0.833. The highest BCUT2D eigenvalue weighted by molar-refractivity contribution is 5.96. The summed E-state index contributed by atoms with van der Waals surface area (Å²) in [5.74, 6) is 13.1. The van der Waals surface area contributed by atoms with Crippen molar-refractivity contribution in [3.63, 3.8) is 0 Å². The maximum absolute atomic E-state index is 11.5. The van der Waals surface area contributed by atoms with Crippen LogP contribution in [0, 0.1) is 28.6 Å². The molecular weight excluding hydrogens is 324 g/mol. The van der Waals surface area contributed by atoms with E-state index >= 15 is 0 Å². The summed E-state index contributed by atoms with van der Waals surface area (Å²) in [6.07, 6.45) is 10.9. The lowest BCUT2D eigenvalue weighted by atomic mass is 9.46. The summed E-state index contributed by atoms with van der Waals surface area (Å²) in [6, 6.07) is 0. The SMILES string of the molecule is CC(=NN)C1(O)CCC2C3CCC4=CC(=NN)CCC4(C)C3CCC21C. The molecule has 5 N–H and O–H groups in total. The smallest absolute Gasteiger partial charge is 0.110 e. The second-order valence-electron chi connectivity index (χ2n) is 9.69. The summed E-state index contributed by atoms with van der Waals surface area (Å²) in [6.45, 7) is 6.67. The molecule has 0 amide bonds. The Morgan fingerprint density at radius 3 is 2.50 bits per heavy atom. The molecule has 0 radical (unpaired) electrons. The standard InChI is InChI=1S/C21H34N4O/c1-13(24-22)21(26)11-8-18-16-5-4-14-12-15(25-23)6-9-19(14,2)17(16)7-10-20(18,21)3/h12,16-18,26H,4-11,22-23H2,1-3H3. The summed E-state index contributed by atoms with van der Waals surface area (Å²) in [7, 11) is 0. The first kappa shape index (κ1) is 18.0. The normalized spacial score (nSPS) is 50.0. The summed E-state index contributed by atoms with van der Waals surface area (Å²) in [5, 5.41) is 19.4. The van der Waals surface area contributed by atoms with Crippen molar-refractivity contribution in [2.24, 2.45) is 50.5 Å². The number of hydrogen-bond acceptors (Lipinski definition) is 5. The first-order valence-electron chi connectivity index (χ1n) is 10.3. The third-order valence-electron chi connectivity index (χ3n) is 9.09. The molecule has 3 fully saturated rings. The lowest BCUT2D eigenvalue weighted by Crippen LogP contribution is -2.57. The molecule has 0 heterocycles. The average Bonchev–Trinajstić information content (AvgIpc) is 2.92. The fourth-order valence-corrected chi connectivity index (χ4v) is 7.39. The maximum Gasteiger partial charge on any atom is 0.110 e. The van der Waals surface area contributed by atoms with Crippen molar-refractivity contribution >= 4 is 11.4 Å². The number of hydrazone groups is 2. The van der Waals surface area contributed by atoms with Gasteiger partial charge >= 0.3 is 0 Å². The molecule has 0 bridgehead atoms. The quantitative estimate of drug-likeness (QED) is 0.381. The van der Waals surface area contributed by atoms with E-state index in [1.165, 1.54) is 12.8 Å². The van der Waals surface area contributed by atoms with E-state index in [2.05, 4.69) is 30.1 Å². The second-order valence-corrected chi connectivity index (χ2v) is 9.69. The minimum Gasteiger partial charge on any atom is -0.383 e. The van der Waals surface area contributed by atoms with E-state index in [0.29, 0.717) is 23.5 Å². The van der Waals surface area contributed by atoms with E-state index in [1.807, 2.05) is 6.92 Å². The zero-order valence-corrected chi connectivity index (χ0v) is 16.5. The Hall–Kier alpha value is -1.36. The molecule has 0 saturated heterocycles. The molecule has 5 nitrogen and oxygen atoms in total. The predicted octanol–water partition coefficient (Wildman–Crippen LogP) is 3.33. The Balaban J connectivity index is 1.68. The molecule has 6 unspecified atom stereocenters. The van der Waals surface area contributed by atoms with Gasteiger partial charge in [0.2, 0.25) is 0 Å². The van der Waals surface area contributed by atoms with Gasteiger partial charge in [0.15, 0.2) is 0 Å². The number of rotatable bonds is 1. The first-order chi connectivity index (χ1) is 12.3. The molecular formula is C21H34N4O. The van der Waals surface area contributed by atoms with Crippen molar-refractivity contribution in [1.82, 2.24) is 0 Å². The Morgan fingerprint density at radius 1 is 1.08 bits per heavy atom. The molecule has 6 atom stereocenters. The minimum absolute atomic E-state index is 0.1000. The summed E-state index contributed by atoms with van der Waals surface area (Å²) in [4.78, 5) is 0. The van der Waals surface area contributed by atoms with Crippen LogP contribution in [0.5, 0.6) is 0 Å². The van der Waals surface area contributed by atoms with Crippen molar-refractivity contribution in [3.8, 4) is 0 Å². The van der Waals surface area contributed by atoms with Crippen molar-refractivity contribution in [3.05, 3.63) is 11.6 Å². The molecule has 4 aliphatic carbocycles. The molecule has 3 saturated carbocycles. The number of allylic oxidation sites excluding steroid dienone is 2. The molecule has 0 spiro atoms. The largest absolute Gasteiger partial charge is 0.383 e. The van der Waals surface area contributed by atoms with Gasteiger partial charge in [0.1, 0.15) is 5.60 Å². The average molecular weight is 359 g/mol. The number of fused-ring (bicyclic) bond motifs is 5. The van der Waals surface area contributed by atoms with Crippen molar-refractivity contribution < 1.29 is 5.11 Å². The van der Waals surface area contributed by atoms with Crippen LogP contribution in [0.4, 0.5) is 0 Å². The van der Waals surface area contributed by atoms with Gasteiger partial charge in [-0.15, -0.1) is 0 Å². The van der Waals surface area contributed by atoms with Gasteiger partial charge in [-0.3, -0.25) is 0 Å². The summed E-state index contributed by atoms with van der Waals surface area (Å²) >= 11 is 0. The molecule has 144 valence electrons. The van der Waals surface area contributed by atoms with Crippen LogP contribution in [0.3, 0.4) is 0 Å². The van der Waals surface area contributed by atoms with Crippen LogP contribution in [-0.4, -0.2) is 22.1 Å². The Bertz CT molecular complexity index is 698. The van der Waals surface area contributed by atoms with Crippen LogP contribution >= 0.6 is 0 Å². The highest BCUT2D eigenvalue weighted by Crippen LogP contribution is 2.67. The van der Waals surface area contributed by atoms with E-state index in [9.17, 15) is 5.11 Å². The molecule has 0 aromatic carbocycles. The van der Waals surface area contributed by atoms with Crippen LogP contribution < -0.4 is 11.7 Å². The van der Waals surface area contributed by atoms with E-state index < -0.39 is 5.60 Å². The molecule has 0 aliphatic heterocycles. The molecule has 0 aromatic heterocycles. The maximum atomic E-state index is 11.5. The van der Waals surface area contributed by atoms with Crippen LogP contribution in [0.2, 0.25) is 0 Å². The Labute approximate surface area is 157 Å². The van der Waals surface area contributed by atoms with E-state index in [4.69, 9.17) is 11.7 Å². The van der Waals surface area contributed by atoms with Crippen LogP contribution in [0.15, 0.2) is 21.9 Å². The van der Waals surface area contributed by atoms with Gasteiger partial charge in [0.05, 0.1) is 11.4 Å².